The Kier molecular flexibility index (Phi) is 4.04. The molecular formula is C11H11ClFN3S. The van der Waals surface area contributed by atoms with Gasteiger partial charge in [0.1, 0.15) is 10.8 Å². The Labute approximate surface area is 108 Å². The van der Waals surface area contributed by atoms with E-state index >= 15 is 0 Å². The quantitative estimate of drug-likeness (QED) is 0.929. The van der Waals surface area contributed by atoms with Crippen molar-refractivity contribution < 1.29 is 4.39 Å². The predicted octanol–water partition coefficient (Wildman–Crippen LogP) is 3.11. The Morgan fingerprint density at radius 1 is 1.41 bits per heavy atom. The van der Waals surface area contributed by atoms with E-state index in [4.69, 9.17) is 11.6 Å². The zero-order chi connectivity index (χ0) is 12.3. The molecular weight excluding hydrogens is 261 g/mol. The molecule has 1 N–H and O–H groups in total. The smallest absolute Gasteiger partial charge is 0.150 e. The van der Waals surface area contributed by atoms with Crippen molar-refractivity contribution in [2.24, 2.45) is 0 Å². The maximum atomic E-state index is 13.6. The highest BCUT2D eigenvalue weighted by Gasteiger charge is 2.11. The standard InChI is InChI=1S/C11H11ClFN3S/c1-2-14-6-10-15-16-11(17-10)8-4-3-7(12)5-9(8)13/h3-5,14H,2,6H2,1H3. The van der Waals surface area contributed by atoms with E-state index in [0.29, 0.717) is 22.1 Å². The van der Waals surface area contributed by atoms with Gasteiger partial charge in [-0.15, -0.1) is 10.2 Å². The fourth-order valence-corrected chi connectivity index (χ4v) is 2.32. The minimum absolute atomic E-state index is 0.372. The van der Waals surface area contributed by atoms with Crippen molar-refractivity contribution in [2.75, 3.05) is 6.54 Å². The van der Waals surface area contributed by atoms with Crippen molar-refractivity contribution in [1.29, 1.82) is 0 Å². The zero-order valence-electron chi connectivity index (χ0n) is 9.20. The molecule has 0 fully saturated rings. The molecule has 0 amide bonds. The highest BCUT2D eigenvalue weighted by Crippen LogP contribution is 2.27. The van der Waals surface area contributed by atoms with E-state index in [2.05, 4.69) is 15.5 Å². The van der Waals surface area contributed by atoms with Gasteiger partial charge in [-0.3, -0.25) is 0 Å². The van der Waals surface area contributed by atoms with E-state index < -0.39 is 0 Å². The van der Waals surface area contributed by atoms with Gasteiger partial charge in [0, 0.05) is 17.1 Å². The van der Waals surface area contributed by atoms with Crippen molar-refractivity contribution in [3.05, 3.63) is 34.0 Å². The summed E-state index contributed by atoms with van der Waals surface area (Å²) in [4.78, 5) is 0. The third kappa shape index (κ3) is 3.00. The first kappa shape index (κ1) is 12.4. The van der Waals surface area contributed by atoms with Crippen LogP contribution >= 0.6 is 22.9 Å². The van der Waals surface area contributed by atoms with E-state index in [1.54, 1.807) is 12.1 Å². The average molecular weight is 272 g/mol. The molecule has 2 aromatic rings. The normalized spacial score (nSPS) is 10.8. The first-order valence-electron chi connectivity index (χ1n) is 5.19. The van der Waals surface area contributed by atoms with Gasteiger partial charge in [-0.25, -0.2) is 4.39 Å². The third-order valence-electron chi connectivity index (χ3n) is 2.15. The van der Waals surface area contributed by atoms with Crippen LogP contribution in [-0.2, 0) is 6.54 Å². The van der Waals surface area contributed by atoms with Crippen LogP contribution in [-0.4, -0.2) is 16.7 Å². The van der Waals surface area contributed by atoms with Crippen LogP contribution in [0.5, 0.6) is 0 Å². The lowest BCUT2D eigenvalue weighted by Gasteiger charge is -1.98. The molecule has 0 unspecified atom stereocenters. The Morgan fingerprint density at radius 3 is 2.94 bits per heavy atom. The van der Waals surface area contributed by atoms with Crippen LogP contribution in [0.15, 0.2) is 18.2 Å². The number of nitrogens with zero attached hydrogens (tertiary/aromatic N) is 2. The first-order valence-corrected chi connectivity index (χ1v) is 6.38. The summed E-state index contributed by atoms with van der Waals surface area (Å²) in [6.45, 7) is 3.54. The molecule has 0 aliphatic heterocycles. The van der Waals surface area contributed by atoms with Crippen LogP contribution < -0.4 is 5.32 Å². The molecule has 17 heavy (non-hydrogen) atoms. The molecule has 1 aromatic heterocycles. The van der Waals surface area contributed by atoms with Crippen molar-refractivity contribution in [2.45, 2.75) is 13.5 Å². The van der Waals surface area contributed by atoms with E-state index in [9.17, 15) is 4.39 Å². The molecule has 1 heterocycles. The molecule has 0 saturated carbocycles. The number of hydrogen-bond donors (Lipinski definition) is 1. The summed E-state index contributed by atoms with van der Waals surface area (Å²) in [5, 5.41) is 12.9. The van der Waals surface area contributed by atoms with Gasteiger partial charge in [0.2, 0.25) is 0 Å². The van der Waals surface area contributed by atoms with Crippen molar-refractivity contribution in [3.8, 4) is 10.6 Å². The molecule has 2 rings (SSSR count). The number of hydrogen-bond acceptors (Lipinski definition) is 4. The molecule has 6 heteroatoms. The number of halogens is 2. The number of rotatable bonds is 4. The SMILES string of the molecule is CCNCc1nnc(-c2ccc(Cl)cc2F)s1. The molecule has 3 nitrogen and oxygen atoms in total. The third-order valence-corrected chi connectivity index (χ3v) is 3.35. The van der Waals surface area contributed by atoms with Crippen LogP contribution in [0.4, 0.5) is 4.39 Å². The maximum absolute atomic E-state index is 13.6. The topological polar surface area (TPSA) is 37.8 Å². The van der Waals surface area contributed by atoms with E-state index in [-0.39, 0.29) is 5.82 Å². The lowest BCUT2D eigenvalue weighted by molar-refractivity contribution is 0.631. The van der Waals surface area contributed by atoms with Crippen LogP contribution in [0.1, 0.15) is 11.9 Å². The van der Waals surface area contributed by atoms with E-state index in [1.807, 2.05) is 6.92 Å². The highest BCUT2D eigenvalue weighted by molar-refractivity contribution is 7.14. The fraction of sp³-hybridized carbons (Fsp3) is 0.273. The predicted molar refractivity (Wildman–Crippen MR) is 67.7 cm³/mol. The number of aromatic nitrogens is 2. The van der Waals surface area contributed by atoms with Crippen LogP contribution in [0, 0.1) is 5.82 Å². The Bertz CT molecular complexity index is 515. The summed E-state index contributed by atoms with van der Waals surface area (Å²) in [5.41, 5.74) is 0.439. The van der Waals surface area contributed by atoms with Crippen LogP contribution in [0.3, 0.4) is 0 Å². The summed E-state index contributed by atoms with van der Waals surface area (Å²) >= 11 is 7.07. The summed E-state index contributed by atoms with van der Waals surface area (Å²) in [6, 6.07) is 4.54. The Morgan fingerprint density at radius 2 is 2.24 bits per heavy atom. The van der Waals surface area contributed by atoms with Gasteiger partial charge in [-0.05, 0) is 24.7 Å². The summed E-state index contributed by atoms with van der Waals surface area (Å²) in [6.07, 6.45) is 0. The Hall–Kier alpha value is -1.04. The summed E-state index contributed by atoms with van der Waals surface area (Å²) < 4.78 is 13.6. The lowest BCUT2D eigenvalue weighted by atomic mass is 10.2. The number of nitrogens with one attached hydrogen (secondary N) is 1. The zero-order valence-corrected chi connectivity index (χ0v) is 10.8. The molecule has 0 spiro atoms. The average Bonchev–Trinajstić information content (AvgIpc) is 2.75. The molecule has 0 atom stereocenters. The minimum atomic E-state index is -0.372. The molecule has 0 saturated heterocycles. The highest BCUT2D eigenvalue weighted by atomic mass is 35.5. The second kappa shape index (κ2) is 5.53. The fourth-order valence-electron chi connectivity index (χ4n) is 1.33. The van der Waals surface area contributed by atoms with Gasteiger partial charge in [0.05, 0.1) is 0 Å². The van der Waals surface area contributed by atoms with Gasteiger partial charge >= 0.3 is 0 Å². The van der Waals surface area contributed by atoms with Crippen LogP contribution in [0.2, 0.25) is 5.02 Å². The molecule has 0 bridgehead atoms. The largest absolute Gasteiger partial charge is 0.311 e. The molecule has 1 aromatic carbocycles. The first-order chi connectivity index (χ1) is 8.20. The Balaban J connectivity index is 2.24. The summed E-state index contributed by atoms with van der Waals surface area (Å²) in [7, 11) is 0. The monoisotopic (exact) mass is 271 g/mol. The second-order valence-corrected chi connectivity index (χ2v) is 4.90. The van der Waals surface area contributed by atoms with Gasteiger partial charge in [-0.2, -0.15) is 0 Å². The van der Waals surface area contributed by atoms with Crippen molar-refractivity contribution in [1.82, 2.24) is 15.5 Å². The van der Waals surface area contributed by atoms with E-state index in [1.165, 1.54) is 17.4 Å². The molecule has 0 aliphatic rings. The van der Waals surface area contributed by atoms with E-state index in [0.717, 1.165) is 11.6 Å². The molecule has 90 valence electrons. The molecule has 0 aliphatic carbocycles. The van der Waals surface area contributed by atoms with Gasteiger partial charge in [0.25, 0.3) is 0 Å². The van der Waals surface area contributed by atoms with Crippen molar-refractivity contribution in [3.63, 3.8) is 0 Å². The van der Waals surface area contributed by atoms with Crippen molar-refractivity contribution >= 4 is 22.9 Å². The maximum Gasteiger partial charge on any atom is 0.150 e. The van der Waals surface area contributed by atoms with Gasteiger partial charge in [0.15, 0.2) is 5.01 Å². The summed E-state index contributed by atoms with van der Waals surface area (Å²) in [5.74, 6) is -0.372. The van der Waals surface area contributed by atoms with Gasteiger partial charge < -0.3 is 5.32 Å². The van der Waals surface area contributed by atoms with Gasteiger partial charge in [-0.1, -0.05) is 29.9 Å². The molecule has 0 radical (unpaired) electrons. The van der Waals surface area contributed by atoms with Crippen LogP contribution in [0.25, 0.3) is 10.6 Å². The second-order valence-electron chi connectivity index (χ2n) is 3.41. The lowest BCUT2D eigenvalue weighted by Crippen LogP contribution is -2.11. The minimum Gasteiger partial charge on any atom is -0.311 e. The number of benzene rings is 1.